The van der Waals surface area contributed by atoms with Gasteiger partial charge >= 0.3 is 0 Å². The van der Waals surface area contributed by atoms with Crippen molar-refractivity contribution in [1.82, 2.24) is 0 Å². The highest BCUT2D eigenvalue weighted by atomic mass is 16.3. The lowest BCUT2D eigenvalue weighted by Crippen LogP contribution is -2.48. The standard InChI is InChI=1S/C19H22O/c1-4-15-19(18(2,3)20,16-11-7-5-8-12-16)17-13-9-6-10-14-17/h4-14,20H,1,15H2,2-3H3. The van der Waals surface area contributed by atoms with Crippen LogP contribution in [0, 0.1) is 0 Å². The largest absolute Gasteiger partial charge is 0.389 e. The Balaban J connectivity index is 2.73. The fourth-order valence-electron chi connectivity index (χ4n) is 3.02. The first-order chi connectivity index (χ1) is 9.52. The Kier molecular flexibility index (Phi) is 4.10. The lowest BCUT2D eigenvalue weighted by Gasteiger charge is -2.44. The normalized spacial score (nSPS) is 12.2. The van der Waals surface area contributed by atoms with E-state index in [1.165, 1.54) is 0 Å². The number of allylic oxidation sites excluding steroid dienone is 1. The van der Waals surface area contributed by atoms with Crippen LogP contribution in [-0.4, -0.2) is 10.7 Å². The average Bonchev–Trinajstić information content (AvgIpc) is 2.45. The maximum atomic E-state index is 10.9. The van der Waals surface area contributed by atoms with Gasteiger partial charge in [-0.2, -0.15) is 0 Å². The van der Waals surface area contributed by atoms with Crippen LogP contribution in [0.3, 0.4) is 0 Å². The van der Waals surface area contributed by atoms with E-state index in [1.807, 2.05) is 56.3 Å². The molecule has 0 fully saturated rings. The molecule has 2 rings (SSSR count). The highest BCUT2D eigenvalue weighted by Gasteiger charge is 2.45. The van der Waals surface area contributed by atoms with Gasteiger partial charge in [-0.15, -0.1) is 6.58 Å². The monoisotopic (exact) mass is 266 g/mol. The molecule has 0 bridgehead atoms. The molecule has 0 atom stereocenters. The van der Waals surface area contributed by atoms with Gasteiger partial charge in [0, 0.05) is 0 Å². The second kappa shape index (κ2) is 5.64. The summed E-state index contributed by atoms with van der Waals surface area (Å²) in [5.41, 5.74) is 0.832. The van der Waals surface area contributed by atoms with E-state index < -0.39 is 11.0 Å². The van der Waals surface area contributed by atoms with E-state index >= 15 is 0 Å². The number of hydrogen-bond acceptors (Lipinski definition) is 1. The number of aliphatic hydroxyl groups is 1. The topological polar surface area (TPSA) is 20.2 Å². The molecule has 0 aliphatic rings. The van der Waals surface area contributed by atoms with Crippen LogP contribution in [-0.2, 0) is 5.41 Å². The molecule has 0 spiro atoms. The summed E-state index contributed by atoms with van der Waals surface area (Å²) in [6.07, 6.45) is 2.57. The molecule has 0 unspecified atom stereocenters. The zero-order valence-electron chi connectivity index (χ0n) is 12.2. The molecule has 1 nitrogen and oxygen atoms in total. The van der Waals surface area contributed by atoms with Crippen molar-refractivity contribution >= 4 is 0 Å². The lowest BCUT2D eigenvalue weighted by atomic mass is 9.62. The smallest absolute Gasteiger partial charge is 0.0731 e. The van der Waals surface area contributed by atoms with Crippen molar-refractivity contribution in [3.8, 4) is 0 Å². The van der Waals surface area contributed by atoms with E-state index in [9.17, 15) is 5.11 Å². The summed E-state index contributed by atoms with van der Waals surface area (Å²) in [7, 11) is 0. The fourth-order valence-corrected chi connectivity index (χ4v) is 3.02. The van der Waals surface area contributed by atoms with Crippen molar-refractivity contribution < 1.29 is 5.11 Å². The predicted molar refractivity (Wildman–Crippen MR) is 84.8 cm³/mol. The van der Waals surface area contributed by atoms with Crippen LogP contribution in [0.2, 0.25) is 0 Å². The quantitative estimate of drug-likeness (QED) is 0.799. The van der Waals surface area contributed by atoms with Gasteiger partial charge in [0.25, 0.3) is 0 Å². The molecule has 0 aliphatic heterocycles. The summed E-state index contributed by atoms with van der Waals surface area (Å²) >= 11 is 0. The molecule has 1 heteroatoms. The first-order valence-electron chi connectivity index (χ1n) is 6.97. The first-order valence-corrected chi connectivity index (χ1v) is 6.97. The second-order valence-corrected chi connectivity index (χ2v) is 5.69. The van der Waals surface area contributed by atoms with Crippen molar-refractivity contribution in [3.63, 3.8) is 0 Å². The summed E-state index contributed by atoms with van der Waals surface area (Å²) in [5, 5.41) is 10.9. The number of rotatable bonds is 5. The van der Waals surface area contributed by atoms with Crippen molar-refractivity contribution in [1.29, 1.82) is 0 Å². The zero-order chi connectivity index (χ0) is 14.6. The number of hydrogen-bond donors (Lipinski definition) is 1. The lowest BCUT2D eigenvalue weighted by molar-refractivity contribution is 0.0126. The molecule has 2 aromatic carbocycles. The van der Waals surface area contributed by atoms with Gasteiger partial charge in [0.1, 0.15) is 0 Å². The minimum Gasteiger partial charge on any atom is -0.389 e. The molecule has 0 saturated carbocycles. The van der Waals surface area contributed by atoms with Crippen LogP contribution in [0.5, 0.6) is 0 Å². The summed E-state index contributed by atoms with van der Waals surface area (Å²) in [6.45, 7) is 7.64. The van der Waals surface area contributed by atoms with E-state index in [2.05, 4.69) is 30.8 Å². The van der Waals surface area contributed by atoms with Crippen LogP contribution in [0.4, 0.5) is 0 Å². The zero-order valence-corrected chi connectivity index (χ0v) is 12.2. The summed E-state index contributed by atoms with van der Waals surface area (Å²) < 4.78 is 0. The fraction of sp³-hybridized carbons (Fsp3) is 0.263. The second-order valence-electron chi connectivity index (χ2n) is 5.69. The van der Waals surface area contributed by atoms with E-state index in [1.54, 1.807) is 0 Å². The van der Waals surface area contributed by atoms with Gasteiger partial charge < -0.3 is 5.11 Å². The summed E-state index contributed by atoms with van der Waals surface area (Å²) in [6, 6.07) is 20.4. The van der Waals surface area contributed by atoms with Crippen molar-refractivity contribution in [2.75, 3.05) is 0 Å². The van der Waals surface area contributed by atoms with Crippen molar-refractivity contribution in [3.05, 3.63) is 84.4 Å². The van der Waals surface area contributed by atoms with Gasteiger partial charge in [-0.25, -0.2) is 0 Å². The molecule has 20 heavy (non-hydrogen) atoms. The maximum absolute atomic E-state index is 10.9. The van der Waals surface area contributed by atoms with Crippen LogP contribution in [0.25, 0.3) is 0 Å². The summed E-state index contributed by atoms with van der Waals surface area (Å²) in [4.78, 5) is 0. The third kappa shape index (κ3) is 2.41. The molecule has 2 aromatic rings. The Bertz CT molecular complexity index is 510. The Morgan fingerprint density at radius 2 is 1.30 bits per heavy atom. The molecule has 1 N–H and O–H groups in total. The van der Waals surface area contributed by atoms with E-state index in [-0.39, 0.29) is 0 Å². The van der Waals surface area contributed by atoms with Crippen LogP contribution in [0.15, 0.2) is 73.3 Å². The molecule has 0 aromatic heterocycles. The third-order valence-electron chi connectivity index (χ3n) is 4.03. The predicted octanol–water partition coefficient (Wildman–Crippen LogP) is 4.32. The van der Waals surface area contributed by atoms with Gasteiger partial charge in [-0.05, 0) is 31.4 Å². The van der Waals surface area contributed by atoms with Gasteiger partial charge in [0.15, 0.2) is 0 Å². The Morgan fingerprint density at radius 1 is 0.900 bits per heavy atom. The Hall–Kier alpha value is -1.86. The van der Waals surface area contributed by atoms with Crippen molar-refractivity contribution in [2.24, 2.45) is 0 Å². The highest BCUT2D eigenvalue weighted by molar-refractivity contribution is 5.43. The molecule has 0 heterocycles. The van der Waals surface area contributed by atoms with Crippen LogP contribution >= 0.6 is 0 Å². The Labute approximate surface area is 121 Å². The van der Waals surface area contributed by atoms with E-state index in [0.717, 1.165) is 11.1 Å². The van der Waals surface area contributed by atoms with Gasteiger partial charge in [0.2, 0.25) is 0 Å². The molecular weight excluding hydrogens is 244 g/mol. The SMILES string of the molecule is C=CCC(c1ccccc1)(c1ccccc1)C(C)(C)O. The minimum atomic E-state index is -0.899. The molecule has 0 radical (unpaired) electrons. The van der Waals surface area contributed by atoms with Crippen LogP contribution in [0.1, 0.15) is 31.4 Å². The Morgan fingerprint density at radius 3 is 1.60 bits per heavy atom. The molecular formula is C19H22O. The molecule has 0 amide bonds. The average molecular weight is 266 g/mol. The number of benzene rings is 2. The highest BCUT2D eigenvalue weighted by Crippen LogP contribution is 2.44. The van der Waals surface area contributed by atoms with E-state index in [0.29, 0.717) is 6.42 Å². The van der Waals surface area contributed by atoms with Gasteiger partial charge in [-0.1, -0.05) is 66.7 Å². The molecule has 0 saturated heterocycles. The van der Waals surface area contributed by atoms with Gasteiger partial charge in [0.05, 0.1) is 11.0 Å². The van der Waals surface area contributed by atoms with Crippen molar-refractivity contribution in [2.45, 2.75) is 31.3 Å². The van der Waals surface area contributed by atoms with E-state index in [4.69, 9.17) is 0 Å². The van der Waals surface area contributed by atoms with Gasteiger partial charge in [-0.3, -0.25) is 0 Å². The third-order valence-corrected chi connectivity index (χ3v) is 4.03. The summed E-state index contributed by atoms with van der Waals surface area (Å²) in [5.74, 6) is 0. The molecule has 104 valence electrons. The molecule has 0 aliphatic carbocycles. The first kappa shape index (κ1) is 14.5. The minimum absolute atomic E-state index is 0.489. The van der Waals surface area contributed by atoms with Crippen LogP contribution < -0.4 is 0 Å². The maximum Gasteiger partial charge on any atom is 0.0731 e.